The van der Waals surface area contributed by atoms with E-state index in [-0.39, 0.29) is 45.4 Å². The molecule has 2 fully saturated rings. The molecule has 2 aliphatic carbocycles. The van der Waals surface area contributed by atoms with Crippen molar-refractivity contribution in [2.75, 3.05) is 7.11 Å². The summed E-state index contributed by atoms with van der Waals surface area (Å²) >= 11 is 6.35. The average molecular weight is 474 g/mol. The molecule has 174 valence electrons. The molecular formula is C23H24ClN3O6. The number of fused-ring (bicyclic) bond motifs is 1. The van der Waals surface area contributed by atoms with Crippen molar-refractivity contribution in [1.29, 1.82) is 0 Å². The molecule has 10 heteroatoms. The zero-order valence-electron chi connectivity index (χ0n) is 18.3. The lowest BCUT2D eigenvalue weighted by Gasteiger charge is -2.33. The fourth-order valence-electron chi connectivity index (χ4n) is 5.05. The smallest absolute Gasteiger partial charge is 0.369 e. The van der Waals surface area contributed by atoms with E-state index in [1.165, 1.54) is 24.1 Å². The van der Waals surface area contributed by atoms with Gasteiger partial charge < -0.3 is 14.2 Å². The Morgan fingerprint density at radius 3 is 2.42 bits per heavy atom. The van der Waals surface area contributed by atoms with E-state index >= 15 is 0 Å². The summed E-state index contributed by atoms with van der Waals surface area (Å²) in [5, 5.41) is 8.23. The molecule has 33 heavy (non-hydrogen) atoms. The number of benzene rings is 1. The highest BCUT2D eigenvalue weighted by molar-refractivity contribution is 6.35. The van der Waals surface area contributed by atoms with Crippen molar-refractivity contribution in [3.63, 3.8) is 0 Å². The van der Waals surface area contributed by atoms with Crippen LogP contribution in [0.25, 0.3) is 0 Å². The summed E-state index contributed by atoms with van der Waals surface area (Å²) < 4.78 is 16.6. The average Bonchev–Trinajstić information content (AvgIpc) is 3.36. The second kappa shape index (κ2) is 8.44. The van der Waals surface area contributed by atoms with E-state index in [1.807, 2.05) is 0 Å². The molecule has 0 unspecified atom stereocenters. The second-order valence-electron chi connectivity index (χ2n) is 8.74. The van der Waals surface area contributed by atoms with Gasteiger partial charge in [-0.2, -0.15) is 0 Å². The van der Waals surface area contributed by atoms with Crippen LogP contribution >= 0.6 is 11.6 Å². The van der Waals surface area contributed by atoms with Gasteiger partial charge in [0.2, 0.25) is 0 Å². The van der Waals surface area contributed by atoms with Crippen LogP contribution in [0.1, 0.15) is 78.5 Å². The van der Waals surface area contributed by atoms with Crippen molar-refractivity contribution < 1.29 is 28.6 Å². The lowest BCUT2D eigenvalue weighted by Crippen LogP contribution is -2.40. The van der Waals surface area contributed by atoms with Crippen LogP contribution in [0.5, 0.6) is 0 Å². The number of esters is 1. The van der Waals surface area contributed by atoms with Crippen molar-refractivity contribution in [2.24, 2.45) is 10.2 Å². The van der Waals surface area contributed by atoms with Gasteiger partial charge >= 0.3 is 11.9 Å². The Hall–Kier alpha value is -2.94. The number of hydrogen-bond donors (Lipinski definition) is 0. The summed E-state index contributed by atoms with van der Waals surface area (Å²) in [7, 11) is 1.36. The molecule has 0 bridgehead atoms. The minimum atomic E-state index is -1.03. The van der Waals surface area contributed by atoms with Crippen molar-refractivity contribution in [3.8, 4) is 0 Å². The summed E-state index contributed by atoms with van der Waals surface area (Å²) in [6, 6.07) is 2.89. The Morgan fingerprint density at radius 1 is 1.00 bits per heavy atom. The quantitative estimate of drug-likeness (QED) is 0.345. The molecule has 4 aliphatic rings. The van der Waals surface area contributed by atoms with Crippen molar-refractivity contribution in [1.82, 2.24) is 4.90 Å². The Kier molecular flexibility index (Phi) is 5.60. The maximum absolute atomic E-state index is 13.3. The number of ether oxygens (including phenoxy) is 3. The van der Waals surface area contributed by atoms with E-state index in [4.69, 9.17) is 25.8 Å². The zero-order valence-corrected chi connectivity index (χ0v) is 19.0. The standard InChI is InChI=1S/C23H24ClN3O6/c1-31-22-18(21(30)32-23(33-22)11-5-6-12-23)26-25-17-15(24)10-9-14-16(17)20(29)27(19(14)28)13-7-3-2-4-8-13/h9-10,13H,2-8,11-12H2,1H3. The van der Waals surface area contributed by atoms with Crippen LogP contribution in [-0.4, -0.2) is 41.6 Å². The molecule has 2 heterocycles. The molecule has 0 atom stereocenters. The molecule has 1 aromatic rings. The highest BCUT2D eigenvalue weighted by Gasteiger charge is 2.47. The number of rotatable bonds is 4. The van der Waals surface area contributed by atoms with E-state index in [2.05, 4.69) is 10.2 Å². The van der Waals surface area contributed by atoms with E-state index in [9.17, 15) is 14.4 Å². The highest BCUT2D eigenvalue weighted by atomic mass is 35.5. The lowest BCUT2D eigenvalue weighted by molar-refractivity contribution is -0.237. The van der Waals surface area contributed by atoms with Crippen LogP contribution in [0.3, 0.4) is 0 Å². The number of methoxy groups -OCH3 is 1. The first-order valence-corrected chi connectivity index (χ1v) is 11.6. The van der Waals surface area contributed by atoms with Gasteiger partial charge in [0.25, 0.3) is 23.3 Å². The van der Waals surface area contributed by atoms with Crippen molar-refractivity contribution in [2.45, 2.75) is 69.6 Å². The molecule has 1 aromatic carbocycles. The van der Waals surface area contributed by atoms with Crippen LogP contribution in [0, 0.1) is 0 Å². The number of hydrogen-bond acceptors (Lipinski definition) is 8. The molecule has 9 nitrogen and oxygen atoms in total. The zero-order chi connectivity index (χ0) is 23.2. The molecule has 2 saturated carbocycles. The largest absolute Gasteiger partial charge is 0.467 e. The first kappa shape index (κ1) is 21.9. The van der Waals surface area contributed by atoms with Gasteiger partial charge in [0.1, 0.15) is 5.69 Å². The first-order chi connectivity index (χ1) is 15.9. The van der Waals surface area contributed by atoms with Gasteiger partial charge in [-0.3, -0.25) is 14.5 Å². The fourth-order valence-corrected chi connectivity index (χ4v) is 5.24. The van der Waals surface area contributed by atoms with Crippen LogP contribution in [-0.2, 0) is 19.0 Å². The number of carbonyl (C=O) groups is 3. The van der Waals surface area contributed by atoms with Gasteiger partial charge in [-0.15, -0.1) is 10.2 Å². The van der Waals surface area contributed by atoms with E-state index in [1.54, 1.807) is 0 Å². The number of halogens is 1. The molecule has 1 spiro atoms. The minimum Gasteiger partial charge on any atom is -0.467 e. The molecule has 0 saturated heterocycles. The Bertz CT molecular complexity index is 1090. The van der Waals surface area contributed by atoms with Gasteiger partial charge in [-0.25, -0.2) is 4.79 Å². The molecule has 2 amide bonds. The third-order valence-electron chi connectivity index (χ3n) is 6.70. The van der Waals surface area contributed by atoms with Crippen LogP contribution in [0.2, 0.25) is 5.02 Å². The molecular weight excluding hydrogens is 450 g/mol. The summed E-state index contributed by atoms with van der Waals surface area (Å²) in [5.41, 5.74) is 0.100. The van der Waals surface area contributed by atoms with Gasteiger partial charge in [-0.1, -0.05) is 30.9 Å². The molecule has 2 aliphatic heterocycles. The van der Waals surface area contributed by atoms with E-state index in [0.29, 0.717) is 12.8 Å². The Balaban J connectivity index is 1.49. The van der Waals surface area contributed by atoms with Gasteiger partial charge in [0, 0.05) is 18.9 Å². The highest BCUT2D eigenvalue weighted by Crippen LogP contribution is 2.42. The molecule has 0 N–H and O–H groups in total. The van der Waals surface area contributed by atoms with Crippen molar-refractivity contribution >= 4 is 35.1 Å². The normalized spacial score (nSPS) is 22.8. The predicted molar refractivity (Wildman–Crippen MR) is 116 cm³/mol. The number of azo groups is 1. The third-order valence-corrected chi connectivity index (χ3v) is 7.00. The number of amides is 2. The second-order valence-corrected chi connectivity index (χ2v) is 9.15. The number of carbonyl (C=O) groups excluding carboxylic acids is 3. The molecule has 0 aromatic heterocycles. The lowest BCUT2D eigenvalue weighted by atomic mass is 9.94. The fraction of sp³-hybridized carbons (Fsp3) is 0.522. The topological polar surface area (TPSA) is 107 Å². The van der Waals surface area contributed by atoms with Crippen LogP contribution in [0.4, 0.5) is 5.69 Å². The Labute approximate surface area is 195 Å². The van der Waals surface area contributed by atoms with Crippen LogP contribution in [0.15, 0.2) is 34.0 Å². The SMILES string of the molecule is COC1=C(N=Nc2c(Cl)ccc3c2C(=O)N(C2CCCCC2)C3=O)C(=O)OC2(CCCC2)O1. The monoisotopic (exact) mass is 473 g/mol. The number of nitrogens with zero attached hydrogens (tertiary/aromatic N) is 3. The van der Waals surface area contributed by atoms with Gasteiger partial charge in [0.05, 0.1) is 23.3 Å². The summed E-state index contributed by atoms with van der Waals surface area (Å²) in [6.45, 7) is 0. The minimum absolute atomic E-state index is 0.0303. The summed E-state index contributed by atoms with van der Waals surface area (Å²) in [4.78, 5) is 40.3. The van der Waals surface area contributed by atoms with Gasteiger partial charge in [-0.05, 0) is 37.8 Å². The third kappa shape index (κ3) is 3.68. The summed E-state index contributed by atoms with van der Waals surface area (Å²) in [6.07, 6.45) is 7.51. The predicted octanol–water partition coefficient (Wildman–Crippen LogP) is 5.01. The van der Waals surface area contributed by atoms with Crippen LogP contribution < -0.4 is 0 Å². The van der Waals surface area contributed by atoms with Gasteiger partial charge in [0.15, 0.2) is 0 Å². The van der Waals surface area contributed by atoms with Crippen molar-refractivity contribution in [3.05, 3.63) is 39.9 Å². The molecule has 0 radical (unpaired) electrons. The molecule has 5 rings (SSSR count). The first-order valence-electron chi connectivity index (χ1n) is 11.3. The summed E-state index contributed by atoms with van der Waals surface area (Å²) in [5.74, 6) is -2.64. The van der Waals surface area contributed by atoms with E-state index < -0.39 is 17.7 Å². The maximum atomic E-state index is 13.3. The Morgan fingerprint density at radius 2 is 1.73 bits per heavy atom. The number of imide groups is 1. The van der Waals surface area contributed by atoms with E-state index in [0.717, 1.165) is 44.9 Å². The maximum Gasteiger partial charge on any atom is 0.369 e.